The van der Waals surface area contributed by atoms with E-state index >= 15 is 0 Å². The van der Waals surface area contributed by atoms with Crippen molar-refractivity contribution in [2.75, 3.05) is 0 Å². The van der Waals surface area contributed by atoms with Crippen LogP contribution in [0.2, 0.25) is 5.15 Å². The Kier molecular flexibility index (Phi) is 8.09. The van der Waals surface area contributed by atoms with Crippen LogP contribution in [0.15, 0.2) is 102 Å². The number of hydrogen-bond acceptors (Lipinski definition) is 7. The molecule has 0 radical (unpaired) electrons. The Morgan fingerprint density at radius 3 is 2.40 bits per heavy atom. The van der Waals surface area contributed by atoms with Crippen molar-refractivity contribution < 1.29 is 13.2 Å². The lowest BCUT2D eigenvalue weighted by Gasteiger charge is -2.10. The molecule has 0 aliphatic heterocycles. The molecule has 5 rings (SSSR count). The van der Waals surface area contributed by atoms with Gasteiger partial charge in [0.15, 0.2) is 15.6 Å². The molecule has 0 spiro atoms. The van der Waals surface area contributed by atoms with E-state index in [1.165, 1.54) is 18.3 Å². The minimum absolute atomic E-state index is 0.0547. The van der Waals surface area contributed by atoms with Gasteiger partial charge in [0.25, 0.3) is 0 Å². The van der Waals surface area contributed by atoms with Gasteiger partial charge in [-0.3, -0.25) is 9.78 Å². The summed E-state index contributed by atoms with van der Waals surface area (Å²) >= 11 is 5.76. The zero-order valence-corrected chi connectivity index (χ0v) is 23.2. The number of halogens is 1. The van der Waals surface area contributed by atoms with Crippen molar-refractivity contribution in [3.63, 3.8) is 0 Å². The first-order valence-electron chi connectivity index (χ1n) is 12.5. The van der Waals surface area contributed by atoms with E-state index in [9.17, 15) is 13.2 Å². The molecule has 200 valence electrons. The number of pyridine rings is 2. The summed E-state index contributed by atoms with van der Waals surface area (Å²) in [6.45, 7) is 2.03. The second kappa shape index (κ2) is 11.9. The molecule has 0 saturated heterocycles. The largest absolute Gasteiger partial charge is 0.294 e. The first kappa shape index (κ1) is 27.3. The topological polar surface area (TPSA) is 103 Å². The fourth-order valence-electron chi connectivity index (χ4n) is 4.28. The standard InChI is InChI=1S/C31H25ClN4O3S/c1-21-4-5-23(15-26(21)17-31-34-14-12-28(36-31)25-3-2-13-33-18-25)16-29(37)24-8-6-22(7-9-24)20-40(38,39)27-10-11-30(32)35-19-27/h2-15,18-19H,16-17,20H2,1H3. The average Bonchev–Trinajstić information content (AvgIpc) is 2.96. The van der Waals surface area contributed by atoms with Gasteiger partial charge in [-0.05, 0) is 59.5 Å². The smallest absolute Gasteiger partial charge is 0.184 e. The predicted molar refractivity (Wildman–Crippen MR) is 154 cm³/mol. The van der Waals surface area contributed by atoms with Gasteiger partial charge in [-0.25, -0.2) is 23.4 Å². The molecule has 0 fully saturated rings. The van der Waals surface area contributed by atoms with Crippen molar-refractivity contribution >= 4 is 27.2 Å². The number of carbonyl (C=O) groups excluding carboxylic acids is 1. The van der Waals surface area contributed by atoms with Crippen molar-refractivity contribution in [3.05, 3.63) is 136 Å². The van der Waals surface area contributed by atoms with E-state index in [1.54, 1.807) is 42.9 Å². The van der Waals surface area contributed by atoms with Gasteiger partial charge < -0.3 is 0 Å². The first-order valence-corrected chi connectivity index (χ1v) is 14.6. The summed E-state index contributed by atoms with van der Waals surface area (Å²) in [4.78, 5) is 30.3. The maximum absolute atomic E-state index is 13.1. The molecule has 0 amide bonds. The molecule has 7 nitrogen and oxygen atoms in total. The van der Waals surface area contributed by atoms with Crippen molar-refractivity contribution in [2.45, 2.75) is 30.4 Å². The lowest BCUT2D eigenvalue weighted by atomic mass is 9.97. The van der Waals surface area contributed by atoms with Crippen LogP contribution >= 0.6 is 11.6 Å². The highest BCUT2D eigenvalue weighted by atomic mass is 35.5. The minimum atomic E-state index is -3.58. The van der Waals surface area contributed by atoms with E-state index in [1.807, 2.05) is 43.3 Å². The molecule has 40 heavy (non-hydrogen) atoms. The SMILES string of the molecule is Cc1ccc(CC(=O)c2ccc(CS(=O)(=O)c3ccc(Cl)nc3)cc2)cc1Cc1nccc(-c2cccnc2)n1. The third kappa shape index (κ3) is 6.65. The second-order valence-electron chi connectivity index (χ2n) is 9.41. The molecule has 0 aliphatic carbocycles. The lowest BCUT2D eigenvalue weighted by molar-refractivity contribution is 0.0993. The van der Waals surface area contributed by atoms with E-state index in [-0.39, 0.29) is 28.0 Å². The van der Waals surface area contributed by atoms with Gasteiger partial charge in [0, 0.05) is 48.8 Å². The summed E-state index contributed by atoms with van der Waals surface area (Å²) < 4.78 is 25.4. The number of aryl methyl sites for hydroxylation is 1. The molecule has 2 aromatic carbocycles. The highest BCUT2D eigenvalue weighted by Gasteiger charge is 2.17. The molecular weight excluding hydrogens is 544 g/mol. The maximum atomic E-state index is 13.1. The highest BCUT2D eigenvalue weighted by Crippen LogP contribution is 2.21. The number of benzene rings is 2. The van der Waals surface area contributed by atoms with Crippen LogP contribution in [-0.4, -0.2) is 34.1 Å². The fourth-order valence-corrected chi connectivity index (χ4v) is 5.68. The predicted octanol–water partition coefficient (Wildman–Crippen LogP) is 5.89. The van der Waals surface area contributed by atoms with Gasteiger partial charge in [0.05, 0.1) is 16.3 Å². The van der Waals surface area contributed by atoms with Crippen LogP contribution in [0.1, 0.15) is 38.4 Å². The Morgan fingerprint density at radius 2 is 1.68 bits per heavy atom. The first-order chi connectivity index (χ1) is 19.3. The third-order valence-electron chi connectivity index (χ3n) is 6.48. The van der Waals surface area contributed by atoms with Crippen LogP contribution < -0.4 is 0 Å². The normalized spacial score (nSPS) is 11.3. The molecule has 0 unspecified atom stereocenters. The molecule has 3 heterocycles. The number of carbonyl (C=O) groups is 1. The van der Waals surface area contributed by atoms with Gasteiger partial charge in [-0.15, -0.1) is 0 Å². The van der Waals surface area contributed by atoms with Crippen LogP contribution in [0, 0.1) is 6.92 Å². The van der Waals surface area contributed by atoms with Crippen molar-refractivity contribution in [3.8, 4) is 11.3 Å². The number of Topliss-reactive ketones (excluding diaryl/α,β-unsaturated/α-hetero) is 1. The second-order valence-corrected chi connectivity index (χ2v) is 11.8. The van der Waals surface area contributed by atoms with Crippen LogP contribution in [0.3, 0.4) is 0 Å². The molecule has 3 aromatic heterocycles. The van der Waals surface area contributed by atoms with Gasteiger partial charge in [-0.2, -0.15) is 0 Å². The summed E-state index contributed by atoms with van der Waals surface area (Å²) in [6, 6.07) is 21.2. The van der Waals surface area contributed by atoms with Crippen molar-refractivity contribution in [1.82, 2.24) is 19.9 Å². The number of nitrogens with zero attached hydrogens (tertiary/aromatic N) is 4. The molecule has 0 atom stereocenters. The Bertz CT molecular complexity index is 1760. The Balaban J connectivity index is 1.26. The van der Waals surface area contributed by atoms with Gasteiger partial charge in [0.1, 0.15) is 11.0 Å². The van der Waals surface area contributed by atoms with Gasteiger partial charge >= 0.3 is 0 Å². The Labute approximate surface area is 237 Å². The molecule has 0 saturated carbocycles. The van der Waals surface area contributed by atoms with Crippen LogP contribution in [-0.2, 0) is 28.4 Å². The van der Waals surface area contributed by atoms with Crippen LogP contribution in [0.25, 0.3) is 11.3 Å². The minimum Gasteiger partial charge on any atom is -0.294 e. The molecule has 5 aromatic rings. The van der Waals surface area contributed by atoms with E-state index in [2.05, 4.69) is 15.0 Å². The average molecular weight is 569 g/mol. The fraction of sp³-hybridized carbons (Fsp3) is 0.129. The van der Waals surface area contributed by atoms with E-state index in [0.29, 0.717) is 23.4 Å². The number of sulfone groups is 1. The van der Waals surface area contributed by atoms with Gasteiger partial charge in [-0.1, -0.05) is 54.1 Å². The quantitative estimate of drug-likeness (QED) is 0.161. The lowest BCUT2D eigenvalue weighted by Crippen LogP contribution is -2.07. The Hall–Kier alpha value is -4.27. The number of aromatic nitrogens is 4. The Morgan fingerprint density at radius 1 is 0.875 bits per heavy atom. The number of ketones is 1. The molecule has 9 heteroatoms. The van der Waals surface area contributed by atoms with Gasteiger partial charge in [0.2, 0.25) is 0 Å². The maximum Gasteiger partial charge on any atom is 0.184 e. The molecule has 0 bridgehead atoms. The van der Waals surface area contributed by atoms with Crippen molar-refractivity contribution in [1.29, 1.82) is 0 Å². The van der Waals surface area contributed by atoms with Crippen LogP contribution in [0.4, 0.5) is 0 Å². The van der Waals surface area contributed by atoms with E-state index < -0.39 is 9.84 Å². The highest BCUT2D eigenvalue weighted by molar-refractivity contribution is 7.90. The zero-order chi connectivity index (χ0) is 28.1. The summed E-state index contributed by atoms with van der Waals surface area (Å²) in [5.41, 5.74) is 5.85. The molecular formula is C31H25ClN4O3S. The summed E-state index contributed by atoms with van der Waals surface area (Å²) in [5, 5.41) is 0.228. The summed E-state index contributed by atoms with van der Waals surface area (Å²) in [7, 11) is -3.58. The number of rotatable bonds is 9. The monoisotopic (exact) mass is 568 g/mol. The van der Waals surface area contributed by atoms with Crippen LogP contribution in [0.5, 0.6) is 0 Å². The van der Waals surface area contributed by atoms with Crippen molar-refractivity contribution in [2.24, 2.45) is 0 Å². The van der Waals surface area contributed by atoms with E-state index in [4.69, 9.17) is 16.6 Å². The molecule has 0 aliphatic rings. The summed E-state index contributed by atoms with van der Waals surface area (Å²) in [5.74, 6) is 0.435. The number of hydrogen-bond donors (Lipinski definition) is 0. The molecule has 0 N–H and O–H groups in total. The third-order valence-corrected chi connectivity index (χ3v) is 8.38. The van der Waals surface area contributed by atoms with E-state index in [0.717, 1.165) is 27.9 Å². The summed E-state index contributed by atoms with van der Waals surface area (Å²) in [6.07, 6.45) is 7.24. The zero-order valence-electron chi connectivity index (χ0n) is 21.7.